The number of fused-ring (bicyclic) bond motifs is 4. The predicted octanol–water partition coefficient (Wildman–Crippen LogP) is 5.80. The third-order valence-corrected chi connectivity index (χ3v) is 14.9. The van der Waals surface area contributed by atoms with Crippen molar-refractivity contribution in [2.75, 3.05) is 32.9 Å². The lowest BCUT2D eigenvalue weighted by atomic mass is 9.46. The van der Waals surface area contributed by atoms with E-state index in [1.54, 1.807) is 0 Å². The van der Waals surface area contributed by atoms with E-state index in [0.717, 1.165) is 69.4 Å². The first kappa shape index (κ1) is 28.2. The molecule has 6 nitrogen and oxygen atoms in total. The molecule has 0 radical (unpaired) electrons. The summed E-state index contributed by atoms with van der Waals surface area (Å²) in [5.74, 6) is 3.19. The van der Waals surface area contributed by atoms with Crippen LogP contribution in [0.15, 0.2) is 0 Å². The third kappa shape index (κ3) is 4.16. The molecule has 9 unspecified atom stereocenters. The van der Waals surface area contributed by atoms with Gasteiger partial charge < -0.3 is 24.1 Å². The highest BCUT2D eigenvalue weighted by atomic mass is 16.7. The van der Waals surface area contributed by atoms with Gasteiger partial charge in [-0.15, -0.1) is 0 Å². The van der Waals surface area contributed by atoms with Crippen molar-refractivity contribution in [1.82, 2.24) is 4.90 Å². The van der Waals surface area contributed by atoms with E-state index in [0.29, 0.717) is 34.5 Å². The van der Waals surface area contributed by atoms with E-state index in [2.05, 4.69) is 25.7 Å². The molecule has 2 spiro atoms. The SMILES string of the molecule is CC(C)(O)C[C@H]1CCC2[C@@H](CC3C4CCC5C(C)(C)C(OC6CN(C7COC7)CCO6)CCC56CC46CCC32C)O1. The number of morpholine rings is 1. The number of hydrogen-bond acceptors (Lipinski definition) is 6. The maximum Gasteiger partial charge on any atom is 0.170 e. The number of nitrogens with zero attached hydrogens (tertiary/aromatic N) is 1. The molecular weight excluding hydrogens is 514 g/mol. The van der Waals surface area contributed by atoms with E-state index >= 15 is 0 Å². The minimum Gasteiger partial charge on any atom is -0.390 e. The van der Waals surface area contributed by atoms with Gasteiger partial charge in [0.1, 0.15) is 0 Å². The lowest BCUT2D eigenvalue weighted by Gasteiger charge is -2.60. The molecule has 6 heteroatoms. The van der Waals surface area contributed by atoms with E-state index in [1.807, 2.05) is 13.8 Å². The van der Waals surface area contributed by atoms with Gasteiger partial charge in [0, 0.05) is 13.0 Å². The molecule has 8 fully saturated rings. The maximum atomic E-state index is 10.5. The Morgan fingerprint density at radius 1 is 0.927 bits per heavy atom. The number of rotatable bonds is 5. The van der Waals surface area contributed by atoms with Crippen LogP contribution < -0.4 is 0 Å². The Bertz CT molecular complexity index is 1020. The molecule has 41 heavy (non-hydrogen) atoms. The third-order valence-electron chi connectivity index (χ3n) is 14.9. The monoisotopic (exact) mass is 571 g/mol. The van der Waals surface area contributed by atoms with Gasteiger partial charge in [-0.2, -0.15) is 0 Å². The van der Waals surface area contributed by atoms with Crippen molar-refractivity contribution in [1.29, 1.82) is 0 Å². The first-order valence-electron chi connectivity index (χ1n) is 17.4. The van der Waals surface area contributed by atoms with Crippen LogP contribution >= 0.6 is 0 Å². The molecule has 3 saturated heterocycles. The fraction of sp³-hybridized carbons (Fsp3) is 1.00. The first-order valence-corrected chi connectivity index (χ1v) is 17.4. The highest BCUT2D eigenvalue weighted by Crippen LogP contribution is 2.87. The molecule has 0 aromatic carbocycles. The lowest BCUT2D eigenvalue weighted by Crippen LogP contribution is -2.58. The van der Waals surface area contributed by atoms with Crippen LogP contribution in [0.5, 0.6) is 0 Å². The van der Waals surface area contributed by atoms with E-state index < -0.39 is 5.60 Å². The van der Waals surface area contributed by atoms with Crippen LogP contribution in [-0.4, -0.2) is 79.2 Å². The fourth-order valence-electron chi connectivity index (χ4n) is 12.9. The highest BCUT2D eigenvalue weighted by Gasteiger charge is 2.80. The van der Waals surface area contributed by atoms with Gasteiger partial charge in [0.2, 0.25) is 0 Å². The second-order valence-electron chi connectivity index (χ2n) is 17.5. The molecule has 11 atom stereocenters. The van der Waals surface area contributed by atoms with Crippen molar-refractivity contribution in [3.8, 4) is 0 Å². The van der Waals surface area contributed by atoms with Crippen LogP contribution in [0.1, 0.15) is 105 Å². The Balaban J connectivity index is 0.969. The van der Waals surface area contributed by atoms with E-state index in [1.165, 1.54) is 57.8 Å². The van der Waals surface area contributed by atoms with Gasteiger partial charge in [-0.05, 0) is 123 Å². The zero-order valence-corrected chi connectivity index (χ0v) is 26.5. The fourth-order valence-corrected chi connectivity index (χ4v) is 12.9. The van der Waals surface area contributed by atoms with Crippen molar-refractivity contribution >= 4 is 0 Å². The second kappa shape index (κ2) is 9.39. The Kier molecular flexibility index (Phi) is 6.47. The summed E-state index contributed by atoms with van der Waals surface area (Å²) >= 11 is 0. The highest BCUT2D eigenvalue weighted by molar-refractivity contribution is 5.29. The average molecular weight is 572 g/mol. The largest absolute Gasteiger partial charge is 0.390 e. The molecule has 232 valence electrons. The van der Waals surface area contributed by atoms with Gasteiger partial charge in [0.25, 0.3) is 0 Å². The quantitative estimate of drug-likeness (QED) is 0.450. The minimum atomic E-state index is -0.640. The number of aliphatic hydroxyl groups is 1. The molecule has 8 rings (SSSR count). The molecular formula is C35H57NO5. The van der Waals surface area contributed by atoms with Gasteiger partial charge in [0.05, 0.1) is 56.3 Å². The van der Waals surface area contributed by atoms with Gasteiger partial charge >= 0.3 is 0 Å². The average Bonchev–Trinajstić information content (AvgIpc) is 3.44. The number of ether oxygens (including phenoxy) is 4. The van der Waals surface area contributed by atoms with Crippen molar-refractivity contribution in [2.24, 2.45) is 45.3 Å². The normalized spacial score (nSPS) is 52.8. The molecule has 3 heterocycles. The molecule has 0 amide bonds. The summed E-state index contributed by atoms with van der Waals surface area (Å²) in [5.41, 5.74) is 1.11. The summed E-state index contributed by atoms with van der Waals surface area (Å²) in [6, 6.07) is 0.559. The molecule has 3 aliphatic heterocycles. The molecule has 5 aliphatic carbocycles. The summed E-state index contributed by atoms with van der Waals surface area (Å²) in [7, 11) is 0. The van der Waals surface area contributed by atoms with Crippen molar-refractivity contribution in [3.63, 3.8) is 0 Å². The van der Waals surface area contributed by atoms with E-state index in [9.17, 15) is 5.11 Å². The summed E-state index contributed by atoms with van der Waals surface area (Å²) in [5, 5.41) is 10.5. The van der Waals surface area contributed by atoms with Crippen LogP contribution in [0.25, 0.3) is 0 Å². The van der Waals surface area contributed by atoms with E-state index in [-0.39, 0.29) is 17.8 Å². The predicted molar refractivity (Wildman–Crippen MR) is 157 cm³/mol. The van der Waals surface area contributed by atoms with Gasteiger partial charge in [-0.1, -0.05) is 20.8 Å². The standard InChI is InChI=1S/C35H57NO5/c1-31(2,37)17-23-6-7-25-27(40-23)16-26-24-8-9-28-32(3,4)29(41-30-18-36(14-15-39-30)22-19-38-20-22)10-11-35(28)21-34(24,35)13-12-33(25,26)5/h22-30,37H,6-21H2,1-5H3/t23-,24?,25?,26?,27-,28?,29?,30?,33?,34?,35?/m1/s1. The zero-order valence-electron chi connectivity index (χ0n) is 26.5. The van der Waals surface area contributed by atoms with Crippen LogP contribution in [0.4, 0.5) is 0 Å². The number of hydrogen-bond donors (Lipinski definition) is 1. The van der Waals surface area contributed by atoms with E-state index in [4.69, 9.17) is 18.9 Å². The Morgan fingerprint density at radius 3 is 2.49 bits per heavy atom. The Morgan fingerprint density at radius 2 is 1.73 bits per heavy atom. The summed E-state index contributed by atoms with van der Waals surface area (Å²) in [4.78, 5) is 2.53. The smallest absolute Gasteiger partial charge is 0.170 e. The molecule has 0 bridgehead atoms. The Labute approximate surface area is 248 Å². The molecule has 0 aromatic heterocycles. The summed E-state index contributed by atoms with van der Waals surface area (Å²) in [6.45, 7) is 16.0. The topological polar surface area (TPSA) is 60.4 Å². The first-order chi connectivity index (χ1) is 19.5. The molecule has 5 saturated carbocycles. The van der Waals surface area contributed by atoms with Crippen molar-refractivity contribution in [3.05, 3.63) is 0 Å². The zero-order chi connectivity index (χ0) is 28.4. The van der Waals surface area contributed by atoms with Crippen LogP contribution in [-0.2, 0) is 18.9 Å². The summed E-state index contributed by atoms with van der Waals surface area (Å²) in [6.07, 6.45) is 15.0. The molecule has 0 aromatic rings. The van der Waals surface area contributed by atoms with Crippen LogP contribution in [0.3, 0.4) is 0 Å². The van der Waals surface area contributed by atoms with Crippen molar-refractivity contribution < 1.29 is 24.1 Å². The molecule has 1 N–H and O–H groups in total. The molecule has 8 aliphatic rings. The van der Waals surface area contributed by atoms with Crippen LogP contribution in [0, 0.1) is 45.3 Å². The Hall–Kier alpha value is -0.240. The second-order valence-corrected chi connectivity index (χ2v) is 17.5. The maximum absolute atomic E-state index is 10.5. The van der Waals surface area contributed by atoms with Crippen molar-refractivity contribution in [2.45, 2.75) is 141 Å². The van der Waals surface area contributed by atoms with Gasteiger partial charge in [-0.25, -0.2) is 0 Å². The lowest BCUT2D eigenvalue weighted by molar-refractivity contribution is -0.253. The van der Waals surface area contributed by atoms with Gasteiger partial charge in [0.15, 0.2) is 6.29 Å². The van der Waals surface area contributed by atoms with Gasteiger partial charge in [-0.3, -0.25) is 4.90 Å². The summed E-state index contributed by atoms with van der Waals surface area (Å²) < 4.78 is 25.4. The minimum absolute atomic E-state index is 0.0929. The van der Waals surface area contributed by atoms with Crippen LogP contribution in [0.2, 0.25) is 0 Å².